The van der Waals surface area contributed by atoms with Crippen molar-refractivity contribution in [3.8, 4) is 6.07 Å². The number of hydrogen-bond acceptors (Lipinski definition) is 7. The minimum atomic E-state index is -4.57. The minimum Gasteiger partial charge on any atom is -0.461 e. The number of rotatable bonds is 8. The molecule has 206 valence electrons. The van der Waals surface area contributed by atoms with Crippen LogP contribution in [0.15, 0.2) is 71.6 Å². The fourth-order valence-electron chi connectivity index (χ4n) is 4.40. The summed E-state index contributed by atoms with van der Waals surface area (Å²) in [6.45, 7) is 3.07. The minimum absolute atomic E-state index is 0.0358. The van der Waals surface area contributed by atoms with Crippen LogP contribution in [-0.4, -0.2) is 32.1 Å². The summed E-state index contributed by atoms with van der Waals surface area (Å²) >= 11 is 6.12. The van der Waals surface area contributed by atoms with Gasteiger partial charge in [-0.25, -0.2) is 21.6 Å². The lowest BCUT2D eigenvalue weighted by Gasteiger charge is -2.20. The number of aryl methyl sites for hydroxylation is 1. The Hall–Kier alpha value is -3.74. The second kappa shape index (κ2) is 11.4. The van der Waals surface area contributed by atoms with E-state index < -0.39 is 45.6 Å². The van der Waals surface area contributed by atoms with Gasteiger partial charge in [-0.1, -0.05) is 35.9 Å². The molecule has 4 aromatic rings. The highest BCUT2D eigenvalue weighted by molar-refractivity contribution is 7.90. The number of ether oxygens (including phenoxy) is 1. The molecule has 0 aliphatic heterocycles. The molecule has 40 heavy (non-hydrogen) atoms. The van der Waals surface area contributed by atoms with Crippen LogP contribution in [0.25, 0.3) is 17.0 Å². The Kier molecular flexibility index (Phi) is 8.33. The summed E-state index contributed by atoms with van der Waals surface area (Å²) in [5, 5.41) is 7.64. The van der Waals surface area contributed by atoms with E-state index >= 15 is 4.39 Å². The van der Waals surface area contributed by atoms with Gasteiger partial charge in [0.25, 0.3) is 17.4 Å². The summed E-state index contributed by atoms with van der Waals surface area (Å²) in [6.07, 6.45) is 2.70. The maximum Gasteiger partial charge on any atom is 0.356 e. The zero-order valence-electron chi connectivity index (χ0n) is 21.6. The molecule has 1 atom stereocenters. The number of carbonyl (C=O) groups excluding carboxylic acids is 1. The number of aromatic nitrogens is 1. The molecular weight excluding hydrogens is 578 g/mol. The lowest BCUT2D eigenvalue weighted by molar-refractivity contribution is 0.0520. The van der Waals surface area contributed by atoms with Crippen molar-refractivity contribution >= 4 is 62.6 Å². The van der Waals surface area contributed by atoms with Crippen LogP contribution in [0.2, 0.25) is 5.02 Å². The summed E-state index contributed by atoms with van der Waals surface area (Å²) in [7, 11) is -7.89. The third kappa shape index (κ3) is 4.98. The van der Waals surface area contributed by atoms with Crippen LogP contribution in [-0.2, 0) is 23.8 Å². The molecule has 8 nitrogen and oxygen atoms in total. The number of carbonyl (C=O) groups is 1. The number of allylic oxidation sites excluding steroid dienone is 1. The SMILES string of the molecule is CCOC(=O)c1c(P(=O)(OC)c2cc(C)cc(C=CC#N)c2)c2c(F)c(Cl)ccc2n1S(=O)(=O)c1ccccc1. The van der Waals surface area contributed by atoms with Crippen LogP contribution in [0.3, 0.4) is 0 Å². The van der Waals surface area contributed by atoms with Crippen LogP contribution in [0.4, 0.5) is 4.39 Å². The van der Waals surface area contributed by atoms with Gasteiger partial charge in [0.1, 0.15) is 0 Å². The molecule has 0 aliphatic rings. The molecule has 0 radical (unpaired) electrons. The molecule has 0 N–H and O–H groups in total. The first-order valence-electron chi connectivity index (χ1n) is 11.9. The van der Waals surface area contributed by atoms with Gasteiger partial charge in [-0.3, -0.25) is 4.57 Å². The van der Waals surface area contributed by atoms with Gasteiger partial charge in [-0.2, -0.15) is 5.26 Å². The van der Waals surface area contributed by atoms with E-state index in [1.807, 2.05) is 6.07 Å². The normalized spacial score (nSPS) is 13.3. The molecule has 0 saturated carbocycles. The molecule has 0 bridgehead atoms. The van der Waals surface area contributed by atoms with E-state index in [-0.39, 0.29) is 27.3 Å². The van der Waals surface area contributed by atoms with Crippen LogP contribution >= 0.6 is 19.0 Å². The molecule has 0 amide bonds. The van der Waals surface area contributed by atoms with Gasteiger partial charge >= 0.3 is 5.97 Å². The van der Waals surface area contributed by atoms with Crippen LogP contribution in [0.1, 0.15) is 28.5 Å². The largest absolute Gasteiger partial charge is 0.461 e. The van der Waals surface area contributed by atoms with Gasteiger partial charge in [0.05, 0.1) is 38.8 Å². The molecule has 0 saturated heterocycles. The zero-order valence-corrected chi connectivity index (χ0v) is 24.1. The number of halogens is 2. The molecular formula is C28H23ClFN2O6PS. The standard InChI is InChI=1S/C28H23ClFN2O6PS/c1-4-38-28(33)26-27(39(34,37-3)20-16-18(2)15-19(17-20)9-8-14-31)24-23(13-12-22(29)25(24)30)32(26)40(35,36)21-10-6-5-7-11-21/h5-13,15-17H,4H2,1-3H3. The Morgan fingerprint density at radius 2 is 1.88 bits per heavy atom. The summed E-state index contributed by atoms with van der Waals surface area (Å²) in [4.78, 5) is 13.3. The Balaban J connectivity index is 2.25. The molecule has 1 heterocycles. The van der Waals surface area contributed by atoms with Gasteiger partial charge in [0.2, 0.25) is 0 Å². The number of nitrogens with zero attached hydrogens (tertiary/aromatic N) is 2. The molecule has 4 rings (SSSR count). The number of hydrogen-bond donors (Lipinski definition) is 0. The van der Waals surface area contributed by atoms with Gasteiger partial charge in [-0.15, -0.1) is 0 Å². The first-order valence-corrected chi connectivity index (χ1v) is 15.3. The number of benzene rings is 3. The van der Waals surface area contributed by atoms with E-state index in [4.69, 9.17) is 26.1 Å². The second-order valence-electron chi connectivity index (χ2n) is 8.55. The topological polar surface area (TPSA) is 115 Å². The van der Waals surface area contributed by atoms with Crippen molar-refractivity contribution in [2.45, 2.75) is 18.7 Å². The number of nitriles is 1. The van der Waals surface area contributed by atoms with E-state index in [2.05, 4.69) is 0 Å². The Morgan fingerprint density at radius 3 is 2.50 bits per heavy atom. The summed E-state index contributed by atoms with van der Waals surface area (Å²) in [5.41, 5.74) is 0.135. The maximum atomic E-state index is 15.9. The monoisotopic (exact) mass is 600 g/mol. The summed E-state index contributed by atoms with van der Waals surface area (Å²) < 4.78 is 70.2. The van der Waals surface area contributed by atoms with Crippen molar-refractivity contribution in [2.75, 3.05) is 13.7 Å². The van der Waals surface area contributed by atoms with E-state index in [1.54, 1.807) is 19.1 Å². The predicted octanol–water partition coefficient (Wildman–Crippen LogP) is 5.57. The molecule has 1 unspecified atom stereocenters. The van der Waals surface area contributed by atoms with E-state index in [0.29, 0.717) is 15.1 Å². The average Bonchev–Trinajstić information content (AvgIpc) is 3.31. The van der Waals surface area contributed by atoms with Crippen molar-refractivity contribution < 1.29 is 31.4 Å². The first kappa shape index (κ1) is 29.2. The number of esters is 1. The van der Waals surface area contributed by atoms with Gasteiger partial charge < -0.3 is 9.26 Å². The van der Waals surface area contributed by atoms with Crippen LogP contribution in [0, 0.1) is 24.1 Å². The van der Waals surface area contributed by atoms with Gasteiger partial charge in [-0.05, 0) is 67.4 Å². The molecule has 0 spiro atoms. The zero-order chi connectivity index (χ0) is 29.2. The Bertz CT molecular complexity index is 1860. The third-order valence-electron chi connectivity index (χ3n) is 6.03. The Labute approximate surface area is 235 Å². The lowest BCUT2D eigenvalue weighted by Crippen LogP contribution is -2.28. The van der Waals surface area contributed by atoms with Gasteiger partial charge in [0.15, 0.2) is 11.5 Å². The van der Waals surface area contributed by atoms with Crippen LogP contribution in [0.5, 0.6) is 0 Å². The molecule has 12 heteroatoms. The summed E-state index contributed by atoms with van der Waals surface area (Å²) in [5.74, 6) is -2.24. The fraction of sp³-hybridized carbons (Fsp3) is 0.143. The van der Waals surface area contributed by atoms with E-state index in [1.165, 1.54) is 61.5 Å². The summed E-state index contributed by atoms with van der Waals surface area (Å²) in [6, 6.07) is 16.1. The maximum absolute atomic E-state index is 15.9. The smallest absolute Gasteiger partial charge is 0.356 e. The fourth-order valence-corrected chi connectivity index (χ4v) is 8.48. The van der Waals surface area contributed by atoms with Crippen molar-refractivity contribution in [3.05, 3.63) is 94.4 Å². The highest BCUT2D eigenvalue weighted by Gasteiger charge is 2.43. The van der Waals surface area contributed by atoms with Crippen molar-refractivity contribution in [2.24, 2.45) is 0 Å². The number of fused-ring (bicyclic) bond motifs is 1. The second-order valence-corrected chi connectivity index (χ2v) is 13.2. The predicted molar refractivity (Wildman–Crippen MR) is 152 cm³/mol. The van der Waals surface area contributed by atoms with Crippen LogP contribution < -0.4 is 10.6 Å². The van der Waals surface area contributed by atoms with Gasteiger partial charge in [0, 0.05) is 18.5 Å². The highest BCUT2D eigenvalue weighted by Crippen LogP contribution is 2.49. The molecule has 0 aliphatic carbocycles. The Morgan fingerprint density at radius 1 is 1.18 bits per heavy atom. The molecule has 1 aromatic heterocycles. The van der Waals surface area contributed by atoms with E-state index in [9.17, 15) is 17.8 Å². The average molecular weight is 601 g/mol. The lowest BCUT2D eigenvalue weighted by atomic mass is 10.1. The van der Waals surface area contributed by atoms with Crippen molar-refractivity contribution in [1.82, 2.24) is 3.97 Å². The van der Waals surface area contributed by atoms with E-state index in [0.717, 1.165) is 13.2 Å². The third-order valence-corrected chi connectivity index (χ3v) is 10.5. The molecule has 0 fully saturated rings. The first-order chi connectivity index (χ1) is 19.0. The molecule has 3 aromatic carbocycles. The highest BCUT2D eigenvalue weighted by atomic mass is 35.5. The quantitative estimate of drug-likeness (QED) is 0.148. The van der Waals surface area contributed by atoms with Crippen molar-refractivity contribution in [1.29, 1.82) is 5.26 Å². The van der Waals surface area contributed by atoms with Crippen molar-refractivity contribution in [3.63, 3.8) is 0 Å².